The van der Waals surface area contributed by atoms with Gasteiger partial charge >= 0.3 is 0 Å². The van der Waals surface area contributed by atoms with E-state index in [0.717, 1.165) is 17.1 Å². The number of benzene rings is 1. The fourth-order valence-corrected chi connectivity index (χ4v) is 2.58. The van der Waals surface area contributed by atoms with Crippen molar-refractivity contribution in [3.05, 3.63) is 47.7 Å². The van der Waals surface area contributed by atoms with Gasteiger partial charge in [-0.3, -0.25) is 4.90 Å². The average Bonchev–Trinajstić information content (AvgIpc) is 2.99. The highest BCUT2D eigenvalue weighted by molar-refractivity contribution is 5.57. The Morgan fingerprint density at radius 3 is 2.60 bits per heavy atom. The molecular weight excluding hydrogens is 252 g/mol. The maximum absolute atomic E-state index is 9.66. The van der Waals surface area contributed by atoms with Gasteiger partial charge in [0.2, 0.25) is 0 Å². The number of nitrogens with two attached hydrogens (primary N) is 1. The normalized spacial score (nSPS) is 23.4. The third kappa shape index (κ3) is 2.77. The molecule has 0 radical (unpaired) electrons. The van der Waals surface area contributed by atoms with E-state index in [0.29, 0.717) is 19.6 Å². The molecule has 1 aliphatic heterocycles. The minimum atomic E-state index is -0.429. The van der Waals surface area contributed by atoms with Gasteiger partial charge in [0.25, 0.3) is 0 Å². The van der Waals surface area contributed by atoms with E-state index >= 15 is 0 Å². The van der Waals surface area contributed by atoms with E-state index in [2.05, 4.69) is 36.1 Å². The van der Waals surface area contributed by atoms with E-state index in [4.69, 9.17) is 10.2 Å². The Morgan fingerprint density at radius 2 is 1.95 bits per heavy atom. The van der Waals surface area contributed by atoms with Crippen LogP contribution in [-0.2, 0) is 6.54 Å². The topological polar surface area (TPSA) is 62.6 Å². The van der Waals surface area contributed by atoms with E-state index < -0.39 is 6.10 Å². The molecule has 4 heteroatoms. The quantitative estimate of drug-likeness (QED) is 0.893. The molecule has 1 fully saturated rings. The molecule has 2 aromatic rings. The number of aliphatic hydroxyl groups excluding tert-OH is 1. The zero-order chi connectivity index (χ0) is 14.1. The van der Waals surface area contributed by atoms with E-state index in [9.17, 15) is 5.11 Å². The number of hydrogen-bond donors (Lipinski definition) is 2. The van der Waals surface area contributed by atoms with Crippen LogP contribution in [0.5, 0.6) is 0 Å². The number of aliphatic hydroxyl groups is 1. The van der Waals surface area contributed by atoms with Gasteiger partial charge in [0.15, 0.2) is 0 Å². The van der Waals surface area contributed by atoms with Gasteiger partial charge in [-0.05, 0) is 19.1 Å². The molecule has 1 saturated heterocycles. The van der Waals surface area contributed by atoms with Crippen molar-refractivity contribution in [2.45, 2.75) is 25.6 Å². The minimum Gasteiger partial charge on any atom is -0.460 e. The lowest BCUT2D eigenvalue weighted by Gasteiger charge is -2.12. The molecule has 106 valence electrons. The fraction of sp³-hybridized carbons (Fsp3) is 0.375. The van der Waals surface area contributed by atoms with Gasteiger partial charge in [0.05, 0.1) is 12.6 Å². The lowest BCUT2D eigenvalue weighted by atomic mass is 10.1. The highest BCUT2D eigenvalue weighted by Gasteiger charge is 2.28. The second-order valence-corrected chi connectivity index (χ2v) is 5.56. The number of likely N-dealkylation sites (tertiary alicyclic amines) is 1. The first-order valence-electron chi connectivity index (χ1n) is 6.93. The number of hydrogen-bond acceptors (Lipinski definition) is 4. The third-order valence-corrected chi connectivity index (χ3v) is 3.79. The van der Waals surface area contributed by atoms with E-state index in [-0.39, 0.29) is 6.04 Å². The maximum Gasteiger partial charge on any atom is 0.134 e. The zero-order valence-electron chi connectivity index (χ0n) is 11.6. The molecule has 0 bridgehead atoms. The van der Waals surface area contributed by atoms with Crippen LogP contribution in [0, 0.1) is 6.92 Å². The van der Waals surface area contributed by atoms with Crippen molar-refractivity contribution < 1.29 is 9.52 Å². The number of β-amino-alcohol motifs (C(OH)–C–C–N with tert-alkyl or cyclic N) is 1. The SMILES string of the molecule is Cc1ccc(-c2ccc(CN3CC(N)C(O)C3)o2)cc1. The van der Waals surface area contributed by atoms with Crippen LogP contribution in [0.1, 0.15) is 11.3 Å². The molecular formula is C16H20N2O2. The summed E-state index contributed by atoms with van der Waals surface area (Å²) in [6, 6.07) is 12.1. The molecule has 1 aliphatic rings. The standard InChI is InChI=1S/C16H20N2O2/c1-11-2-4-12(5-3-11)16-7-6-13(20-16)8-18-9-14(17)15(19)10-18/h2-7,14-15,19H,8-10,17H2,1H3. The molecule has 2 heterocycles. The first-order chi connectivity index (χ1) is 9.61. The second-order valence-electron chi connectivity index (χ2n) is 5.56. The predicted molar refractivity (Wildman–Crippen MR) is 78.1 cm³/mol. The summed E-state index contributed by atoms with van der Waals surface area (Å²) in [6.07, 6.45) is -0.429. The van der Waals surface area contributed by atoms with Gasteiger partial charge in [-0.25, -0.2) is 0 Å². The Hall–Kier alpha value is -1.62. The monoisotopic (exact) mass is 272 g/mol. The van der Waals surface area contributed by atoms with Crippen LogP contribution in [0.4, 0.5) is 0 Å². The van der Waals surface area contributed by atoms with Crippen LogP contribution in [-0.4, -0.2) is 35.2 Å². The smallest absolute Gasteiger partial charge is 0.134 e. The van der Waals surface area contributed by atoms with Gasteiger partial charge < -0.3 is 15.3 Å². The molecule has 1 aromatic heterocycles. The molecule has 0 spiro atoms. The summed E-state index contributed by atoms with van der Waals surface area (Å²) in [6.45, 7) is 4.08. The molecule has 3 rings (SSSR count). The summed E-state index contributed by atoms with van der Waals surface area (Å²) in [5.41, 5.74) is 8.13. The molecule has 0 aliphatic carbocycles. The Bertz CT molecular complexity index is 566. The predicted octanol–water partition coefficient (Wildman–Crippen LogP) is 1.76. The Kier molecular flexibility index (Phi) is 3.61. The zero-order valence-corrected chi connectivity index (χ0v) is 11.6. The number of aryl methyl sites for hydroxylation is 1. The highest BCUT2D eigenvalue weighted by Crippen LogP contribution is 2.24. The fourth-order valence-electron chi connectivity index (χ4n) is 2.58. The van der Waals surface area contributed by atoms with Crippen molar-refractivity contribution in [3.8, 4) is 11.3 Å². The van der Waals surface area contributed by atoms with Gasteiger partial charge in [0, 0.05) is 24.7 Å². The van der Waals surface area contributed by atoms with Crippen molar-refractivity contribution in [1.82, 2.24) is 4.90 Å². The van der Waals surface area contributed by atoms with E-state index in [1.807, 2.05) is 12.1 Å². The average molecular weight is 272 g/mol. The number of nitrogens with zero attached hydrogens (tertiary/aromatic N) is 1. The molecule has 3 N–H and O–H groups in total. The second kappa shape index (κ2) is 5.40. The van der Waals surface area contributed by atoms with Gasteiger partial charge in [-0.1, -0.05) is 29.8 Å². The summed E-state index contributed by atoms with van der Waals surface area (Å²) < 4.78 is 5.88. The summed E-state index contributed by atoms with van der Waals surface area (Å²) in [4.78, 5) is 2.12. The minimum absolute atomic E-state index is 0.151. The summed E-state index contributed by atoms with van der Waals surface area (Å²) >= 11 is 0. The molecule has 20 heavy (non-hydrogen) atoms. The van der Waals surface area contributed by atoms with Crippen LogP contribution in [0.25, 0.3) is 11.3 Å². The lowest BCUT2D eigenvalue weighted by molar-refractivity contribution is 0.162. The first kappa shape index (κ1) is 13.4. The highest BCUT2D eigenvalue weighted by atomic mass is 16.3. The Labute approximate surface area is 118 Å². The van der Waals surface area contributed by atoms with Crippen molar-refractivity contribution in [1.29, 1.82) is 0 Å². The number of furan rings is 1. The molecule has 0 amide bonds. The molecule has 2 atom stereocenters. The van der Waals surface area contributed by atoms with Crippen LogP contribution < -0.4 is 5.73 Å². The van der Waals surface area contributed by atoms with Gasteiger partial charge in [-0.2, -0.15) is 0 Å². The van der Waals surface area contributed by atoms with Gasteiger partial charge in [0.1, 0.15) is 11.5 Å². The molecule has 2 unspecified atom stereocenters. The Morgan fingerprint density at radius 1 is 1.20 bits per heavy atom. The van der Waals surface area contributed by atoms with Crippen molar-refractivity contribution in [2.24, 2.45) is 5.73 Å². The third-order valence-electron chi connectivity index (χ3n) is 3.79. The Balaban J connectivity index is 1.69. The van der Waals surface area contributed by atoms with Gasteiger partial charge in [-0.15, -0.1) is 0 Å². The van der Waals surface area contributed by atoms with Crippen LogP contribution in [0.15, 0.2) is 40.8 Å². The van der Waals surface area contributed by atoms with Crippen molar-refractivity contribution >= 4 is 0 Å². The van der Waals surface area contributed by atoms with E-state index in [1.165, 1.54) is 5.56 Å². The van der Waals surface area contributed by atoms with Crippen molar-refractivity contribution in [3.63, 3.8) is 0 Å². The number of rotatable bonds is 3. The summed E-state index contributed by atoms with van der Waals surface area (Å²) in [7, 11) is 0. The lowest BCUT2D eigenvalue weighted by Crippen LogP contribution is -2.32. The van der Waals surface area contributed by atoms with Crippen molar-refractivity contribution in [2.75, 3.05) is 13.1 Å². The summed E-state index contributed by atoms with van der Waals surface area (Å²) in [5, 5.41) is 9.66. The molecule has 1 aromatic carbocycles. The van der Waals surface area contributed by atoms with Crippen LogP contribution in [0.2, 0.25) is 0 Å². The summed E-state index contributed by atoms with van der Waals surface area (Å²) in [5.74, 6) is 1.78. The maximum atomic E-state index is 9.66. The van der Waals surface area contributed by atoms with E-state index in [1.54, 1.807) is 0 Å². The van der Waals surface area contributed by atoms with Crippen LogP contribution >= 0.6 is 0 Å². The molecule has 4 nitrogen and oxygen atoms in total. The first-order valence-corrected chi connectivity index (χ1v) is 6.93. The largest absolute Gasteiger partial charge is 0.460 e. The van der Waals surface area contributed by atoms with Crippen LogP contribution in [0.3, 0.4) is 0 Å². The molecule has 0 saturated carbocycles.